The number of anilines is 1. The van der Waals surface area contributed by atoms with Gasteiger partial charge in [-0.05, 0) is 50.4 Å². The largest absolute Gasteiger partial charge is 0.382 e. The molecule has 0 amide bonds. The molecule has 0 aromatic heterocycles. The molecular weight excluding hydrogens is 255 g/mol. The molecule has 0 fully saturated rings. The average Bonchev–Trinajstić information content (AvgIpc) is 2.84. The number of nitrogens with one attached hydrogen (secondary N) is 1. The van der Waals surface area contributed by atoms with Crippen LogP contribution in [0.3, 0.4) is 0 Å². The van der Waals surface area contributed by atoms with E-state index in [-0.39, 0.29) is 5.82 Å². The topological polar surface area (TPSA) is 24.5 Å². The summed E-state index contributed by atoms with van der Waals surface area (Å²) in [6, 6.07) is 5.12. The van der Waals surface area contributed by atoms with E-state index in [9.17, 15) is 4.39 Å². The van der Waals surface area contributed by atoms with E-state index in [1.165, 1.54) is 5.56 Å². The zero-order chi connectivity index (χ0) is 14.2. The van der Waals surface area contributed by atoms with Crippen LogP contribution in [0.2, 0.25) is 0 Å². The number of nitrogens with zero attached hydrogens (tertiary/aromatic N) is 1. The number of halogens is 1. The third kappa shape index (κ3) is 4.46. The van der Waals surface area contributed by atoms with E-state index in [4.69, 9.17) is 4.74 Å². The minimum absolute atomic E-state index is 0.139. The Morgan fingerprint density at radius 1 is 1.30 bits per heavy atom. The molecular formula is C16H25FN2O. The smallest absolute Gasteiger partial charge is 0.125 e. The summed E-state index contributed by atoms with van der Waals surface area (Å²) in [6.45, 7) is 7.61. The minimum Gasteiger partial charge on any atom is -0.382 e. The fourth-order valence-corrected chi connectivity index (χ4v) is 2.59. The minimum atomic E-state index is -0.139. The van der Waals surface area contributed by atoms with E-state index in [1.807, 2.05) is 13.0 Å². The lowest BCUT2D eigenvalue weighted by atomic mass is 10.2. The van der Waals surface area contributed by atoms with Gasteiger partial charge in [-0.3, -0.25) is 0 Å². The molecule has 1 heterocycles. The zero-order valence-corrected chi connectivity index (χ0v) is 12.3. The van der Waals surface area contributed by atoms with E-state index >= 15 is 0 Å². The Kier molecular flexibility index (Phi) is 6.27. The predicted molar refractivity (Wildman–Crippen MR) is 80.9 cm³/mol. The van der Waals surface area contributed by atoms with E-state index in [0.717, 1.165) is 64.3 Å². The molecule has 20 heavy (non-hydrogen) atoms. The Hall–Kier alpha value is -1.13. The molecule has 4 heteroatoms. The van der Waals surface area contributed by atoms with Gasteiger partial charge >= 0.3 is 0 Å². The summed E-state index contributed by atoms with van der Waals surface area (Å²) in [7, 11) is 0. The second-order valence-corrected chi connectivity index (χ2v) is 5.16. The molecule has 3 nitrogen and oxygen atoms in total. The monoisotopic (exact) mass is 280 g/mol. The maximum atomic E-state index is 13.3. The van der Waals surface area contributed by atoms with Gasteiger partial charge in [-0.2, -0.15) is 0 Å². The highest BCUT2D eigenvalue weighted by molar-refractivity contribution is 5.58. The van der Waals surface area contributed by atoms with Crippen LogP contribution in [-0.2, 0) is 11.2 Å². The molecule has 112 valence electrons. The van der Waals surface area contributed by atoms with Crippen molar-refractivity contribution in [3.8, 4) is 0 Å². The van der Waals surface area contributed by atoms with Crippen molar-refractivity contribution in [2.45, 2.75) is 26.2 Å². The molecule has 1 aromatic rings. The van der Waals surface area contributed by atoms with Crippen LogP contribution in [0.1, 0.15) is 25.3 Å². The van der Waals surface area contributed by atoms with Crippen molar-refractivity contribution in [2.24, 2.45) is 0 Å². The Morgan fingerprint density at radius 3 is 3.05 bits per heavy atom. The zero-order valence-electron chi connectivity index (χ0n) is 12.3. The summed E-state index contributed by atoms with van der Waals surface area (Å²) in [6.07, 6.45) is 3.29. The highest BCUT2D eigenvalue weighted by atomic mass is 19.1. The number of unbranched alkanes of at least 4 members (excludes halogenated alkanes) is 1. The van der Waals surface area contributed by atoms with E-state index in [1.54, 1.807) is 12.1 Å². The third-order valence-corrected chi connectivity index (χ3v) is 3.69. The quantitative estimate of drug-likeness (QED) is 0.704. The summed E-state index contributed by atoms with van der Waals surface area (Å²) in [5.41, 5.74) is 2.34. The molecule has 0 saturated heterocycles. The normalized spacial score (nSPS) is 13.8. The van der Waals surface area contributed by atoms with Gasteiger partial charge in [-0.15, -0.1) is 0 Å². The molecule has 1 aromatic carbocycles. The van der Waals surface area contributed by atoms with Gasteiger partial charge in [0, 0.05) is 38.5 Å². The van der Waals surface area contributed by atoms with Crippen molar-refractivity contribution in [2.75, 3.05) is 44.3 Å². The highest BCUT2D eigenvalue weighted by Crippen LogP contribution is 2.27. The van der Waals surface area contributed by atoms with Crippen molar-refractivity contribution in [1.29, 1.82) is 0 Å². The molecule has 0 aliphatic carbocycles. The first-order chi connectivity index (χ1) is 9.81. The van der Waals surface area contributed by atoms with Crippen molar-refractivity contribution in [1.82, 2.24) is 5.32 Å². The van der Waals surface area contributed by atoms with Crippen LogP contribution in [0.15, 0.2) is 18.2 Å². The molecule has 1 aliphatic rings. The molecule has 0 unspecified atom stereocenters. The van der Waals surface area contributed by atoms with Crippen LogP contribution >= 0.6 is 0 Å². The first-order valence-corrected chi connectivity index (χ1v) is 7.63. The van der Waals surface area contributed by atoms with E-state index < -0.39 is 0 Å². The van der Waals surface area contributed by atoms with Gasteiger partial charge < -0.3 is 15.0 Å². The standard InChI is InChI=1S/C16H25FN2O/c1-2-20-12-4-3-8-18-9-11-19-10-7-14-5-6-15(17)13-16(14)19/h5-6,13,18H,2-4,7-12H2,1H3. The Bertz CT molecular complexity index is 411. The van der Waals surface area contributed by atoms with Gasteiger partial charge in [-0.25, -0.2) is 4.39 Å². The Labute approximate surface area is 121 Å². The SMILES string of the molecule is CCOCCCCNCCN1CCc2ccc(F)cc21. The van der Waals surface area contributed by atoms with Crippen molar-refractivity contribution in [3.63, 3.8) is 0 Å². The second-order valence-electron chi connectivity index (χ2n) is 5.16. The highest BCUT2D eigenvalue weighted by Gasteiger charge is 2.18. The number of rotatable bonds is 9. The van der Waals surface area contributed by atoms with Gasteiger partial charge in [0.1, 0.15) is 5.82 Å². The van der Waals surface area contributed by atoms with Gasteiger partial charge in [0.25, 0.3) is 0 Å². The summed E-state index contributed by atoms with van der Waals surface area (Å²) in [5.74, 6) is -0.139. The number of hydrogen-bond donors (Lipinski definition) is 1. The average molecular weight is 280 g/mol. The third-order valence-electron chi connectivity index (χ3n) is 3.69. The van der Waals surface area contributed by atoms with Crippen LogP contribution in [0.5, 0.6) is 0 Å². The number of hydrogen-bond acceptors (Lipinski definition) is 3. The molecule has 1 aliphatic heterocycles. The molecule has 0 saturated carbocycles. The van der Waals surface area contributed by atoms with Crippen molar-refractivity contribution >= 4 is 5.69 Å². The Morgan fingerprint density at radius 2 is 2.20 bits per heavy atom. The summed E-state index contributed by atoms with van der Waals surface area (Å²) in [4.78, 5) is 2.27. The fourth-order valence-electron chi connectivity index (χ4n) is 2.59. The first kappa shape index (κ1) is 15.3. The lowest BCUT2D eigenvalue weighted by Gasteiger charge is -2.19. The van der Waals surface area contributed by atoms with Crippen molar-refractivity contribution in [3.05, 3.63) is 29.6 Å². The van der Waals surface area contributed by atoms with Gasteiger partial charge in [-0.1, -0.05) is 6.07 Å². The lowest BCUT2D eigenvalue weighted by Crippen LogP contribution is -2.31. The maximum Gasteiger partial charge on any atom is 0.125 e. The van der Waals surface area contributed by atoms with Crippen LogP contribution in [-0.4, -0.2) is 39.4 Å². The van der Waals surface area contributed by atoms with Crippen LogP contribution < -0.4 is 10.2 Å². The molecule has 0 atom stereocenters. The van der Waals surface area contributed by atoms with Gasteiger partial charge in [0.05, 0.1) is 0 Å². The molecule has 0 radical (unpaired) electrons. The number of ether oxygens (including phenoxy) is 1. The number of fused-ring (bicyclic) bond motifs is 1. The van der Waals surface area contributed by atoms with E-state index in [0.29, 0.717) is 0 Å². The van der Waals surface area contributed by atoms with Gasteiger partial charge in [0.2, 0.25) is 0 Å². The van der Waals surface area contributed by atoms with E-state index in [2.05, 4.69) is 10.2 Å². The molecule has 0 spiro atoms. The first-order valence-electron chi connectivity index (χ1n) is 7.63. The maximum absolute atomic E-state index is 13.3. The molecule has 1 N–H and O–H groups in total. The molecule has 2 rings (SSSR count). The summed E-state index contributed by atoms with van der Waals surface area (Å²) >= 11 is 0. The predicted octanol–water partition coefficient (Wildman–Crippen LogP) is 2.59. The van der Waals surface area contributed by atoms with Crippen molar-refractivity contribution < 1.29 is 9.13 Å². The number of benzene rings is 1. The fraction of sp³-hybridized carbons (Fsp3) is 0.625. The van der Waals surface area contributed by atoms with Crippen LogP contribution in [0.4, 0.5) is 10.1 Å². The summed E-state index contributed by atoms with van der Waals surface area (Å²) in [5, 5.41) is 3.44. The summed E-state index contributed by atoms with van der Waals surface area (Å²) < 4.78 is 18.6. The second kappa shape index (κ2) is 8.22. The Balaban J connectivity index is 1.61. The van der Waals surface area contributed by atoms with Crippen LogP contribution in [0, 0.1) is 5.82 Å². The molecule has 0 bridgehead atoms. The van der Waals surface area contributed by atoms with Gasteiger partial charge in [0.15, 0.2) is 0 Å². The van der Waals surface area contributed by atoms with Crippen LogP contribution in [0.25, 0.3) is 0 Å². The lowest BCUT2D eigenvalue weighted by molar-refractivity contribution is 0.143.